The average molecular weight is 356 g/mol. The van der Waals surface area contributed by atoms with Gasteiger partial charge in [0.1, 0.15) is 5.76 Å². The van der Waals surface area contributed by atoms with Gasteiger partial charge in [-0.2, -0.15) is 0 Å². The first-order chi connectivity index (χ1) is 11.4. The second-order valence-electron chi connectivity index (χ2n) is 6.77. The zero-order valence-corrected chi connectivity index (χ0v) is 14.7. The number of rotatable bonds is 5. The third kappa shape index (κ3) is 3.10. The van der Waals surface area contributed by atoms with Gasteiger partial charge in [-0.25, -0.2) is 12.7 Å². The molecule has 2 fully saturated rings. The zero-order chi connectivity index (χ0) is 17.4. The molecule has 1 aromatic heterocycles. The maximum Gasteiger partial charge on any atom is 0.311 e. The van der Waals surface area contributed by atoms with E-state index in [2.05, 4.69) is 4.90 Å². The van der Waals surface area contributed by atoms with Crippen LogP contribution in [0, 0.1) is 11.3 Å². The number of aliphatic carboxylic acids is 1. The standard InChI is InChI=1S/C16H24N2O5S/c1-2-24(21,22)18-7-4-6-16(15(19)20)12-17(9-13(16)10-18)11-14-5-3-8-23-14/h3,5,8,13H,2,4,6-7,9-12H2,1H3,(H,19,20)/t13-,16+/m1/s1. The number of fused-ring (bicyclic) bond motifs is 1. The largest absolute Gasteiger partial charge is 0.481 e. The van der Waals surface area contributed by atoms with E-state index in [1.54, 1.807) is 13.2 Å². The SMILES string of the molecule is CCS(=O)(=O)N1CCC[C@]2(C(=O)O)CN(Cc3ccco3)C[C@@H]2C1. The summed E-state index contributed by atoms with van der Waals surface area (Å²) in [5.74, 6) is -0.167. The Morgan fingerprint density at radius 1 is 1.46 bits per heavy atom. The number of furan rings is 1. The fraction of sp³-hybridized carbons (Fsp3) is 0.688. The normalized spacial score (nSPS) is 29.3. The summed E-state index contributed by atoms with van der Waals surface area (Å²) in [7, 11) is -3.30. The number of nitrogens with zero attached hydrogens (tertiary/aromatic N) is 2. The van der Waals surface area contributed by atoms with Crippen molar-refractivity contribution < 1.29 is 22.7 Å². The quantitative estimate of drug-likeness (QED) is 0.853. The van der Waals surface area contributed by atoms with Crippen LogP contribution in [-0.2, 0) is 21.4 Å². The van der Waals surface area contributed by atoms with Crippen molar-refractivity contribution in [3.8, 4) is 0 Å². The van der Waals surface area contributed by atoms with E-state index in [-0.39, 0.29) is 18.2 Å². The highest BCUT2D eigenvalue weighted by Crippen LogP contribution is 2.43. The van der Waals surface area contributed by atoms with E-state index in [4.69, 9.17) is 4.42 Å². The van der Waals surface area contributed by atoms with E-state index in [1.165, 1.54) is 4.31 Å². The van der Waals surface area contributed by atoms with Gasteiger partial charge in [-0.15, -0.1) is 0 Å². The van der Waals surface area contributed by atoms with Crippen LogP contribution in [0.15, 0.2) is 22.8 Å². The van der Waals surface area contributed by atoms with Crippen LogP contribution in [-0.4, -0.2) is 60.6 Å². The highest BCUT2D eigenvalue weighted by molar-refractivity contribution is 7.89. The first-order valence-electron chi connectivity index (χ1n) is 8.33. The summed E-state index contributed by atoms with van der Waals surface area (Å²) in [6.07, 6.45) is 2.69. The predicted octanol–water partition coefficient (Wildman–Crippen LogP) is 1.23. The fourth-order valence-electron chi connectivity index (χ4n) is 4.03. The predicted molar refractivity (Wildman–Crippen MR) is 87.8 cm³/mol. The van der Waals surface area contributed by atoms with Crippen LogP contribution >= 0.6 is 0 Å². The third-order valence-electron chi connectivity index (χ3n) is 5.36. The van der Waals surface area contributed by atoms with Gasteiger partial charge in [-0.05, 0) is 31.9 Å². The van der Waals surface area contributed by atoms with Crippen molar-refractivity contribution in [2.24, 2.45) is 11.3 Å². The number of carboxylic acid groups (broad SMARTS) is 1. The van der Waals surface area contributed by atoms with E-state index in [0.29, 0.717) is 39.0 Å². The molecule has 2 aliphatic heterocycles. The topological polar surface area (TPSA) is 91.1 Å². The Kier molecular flexibility index (Phi) is 4.72. The molecule has 0 radical (unpaired) electrons. The highest BCUT2D eigenvalue weighted by atomic mass is 32.2. The molecule has 0 aromatic carbocycles. The van der Waals surface area contributed by atoms with Crippen LogP contribution in [0.5, 0.6) is 0 Å². The number of carbonyl (C=O) groups is 1. The zero-order valence-electron chi connectivity index (χ0n) is 13.8. The van der Waals surface area contributed by atoms with Crippen molar-refractivity contribution in [1.29, 1.82) is 0 Å². The first-order valence-corrected chi connectivity index (χ1v) is 9.94. The summed E-state index contributed by atoms with van der Waals surface area (Å²) in [6, 6.07) is 3.68. The van der Waals surface area contributed by atoms with Crippen LogP contribution in [0.2, 0.25) is 0 Å². The molecule has 2 saturated heterocycles. The van der Waals surface area contributed by atoms with Crippen LogP contribution < -0.4 is 0 Å². The molecule has 8 heteroatoms. The Bertz CT molecular complexity index is 687. The maximum atomic E-state index is 12.3. The minimum absolute atomic E-state index is 0.0515. The van der Waals surface area contributed by atoms with Gasteiger partial charge in [0.05, 0.1) is 24.0 Å². The number of likely N-dealkylation sites (tertiary alicyclic amines) is 1. The lowest BCUT2D eigenvalue weighted by Gasteiger charge is -2.29. The molecule has 134 valence electrons. The van der Waals surface area contributed by atoms with E-state index < -0.39 is 21.4 Å². The molecular weight excluding hydrogens is 332 g/mol. The number of carboxylic acids is 1. The van der Waals surface area contributed by atoms with Gasteiger partial charge >= 0.3 is 5.97 Å². The molecule has 2 atom stereocenters. The Morgan fingerprint density at radius 2 is 2.25 bits per heavy atom. The number of hydrogen-bond acceptors (Lipinski definition) is 5. The second kappa shape index (κ2) is 6.50. The van der Waals surface area contributed by atoms with Crippen molar-refractivity contribution in [1.82, 2.24) is 9.21 Å². The van der Waals surface area contributed by atoms with Crippen LogP contribution in [0.3, 0.4) is 0 Å². The lowest BCUT2D eigenvalue weighted by Crippen LogP contribution is -2.42. The van der Waals surface area contributed by atoms with Gasteiger partial charge in [0.2, 0.25) is 10.0 Å². The molecule has 0 saturated carbocycles. The molecule has 3 heterocycles. The van der Waals surface area contributed by atoms with Crippen molar-refractivity contribution in [2.75, 3.05) is 31.9 Å². The molecule has 24 heavy (non-hydrogen) atoms. The van der Waals surface area contributed by atoms with Gasteiger partial charge in [0.15, 0.2) is 0 Å². The monoisotopic (exact) mass is 356 g/mol. The molecule has 0 amide bonds. The Morgan fingerprint density at radius 3 is 2.88 bits per heavy atom. The van der Waals surface area contributed by atoms with E-state index in [0.717, 1.165) is 5.76 Å². The van der Waals surface area contributed by atoms with Crippen molar-refractivity contribution in [3.63, 3.8) is 0 Å². The van der Waals surface area contributed by atoms with Gasteiger partial charge < -0.3 is 9.52 Å². The smallest absolute Gasteiger partial charge is 0.311 e. The van der Waals surface area contributed by atoms with E-state index in [9.17, 15) is 18.3 Å². The fourth-order valence-corrected chi connectivity index (χ4v) is 5.21. The minimum atomic E-state index is -3.30. The molecule has 1 N–H and O–H groups in total. The van der Waals surface area contributed by atoms with Crippen molar-refractivity contribution in [3.05, 3.63) is 24.2 Å². The Labute approximate surface area is 142 Å². The minimum Gasteiger partial charge on any atom is -0.481 e. The van der Waals surface area contributed by atoms with Gasteiger partial charge in [-0.3, -0.25) is 9.69 Å². The molecule has 3 rings (SSSR count). The molecule has 1 aromatic rings. The molecule has 2 aliphatic rings. The molecule has 0 spiro atoms. The summed E-state index contributed by atoms with van der Waals surface area (Å²) in [4.78, 5) is 14.1. The van der Waals surface area contributed by atoms with Crippen molar-refractivity contribution >= 4 is 16.0 Å². The van der Waals surface area contributed by atoms with Crippen LogP contribution in [0.25, 0.3) is 0 Å². The van der Waals surface area contributed by atoms with Crippen molar-refractivity contribution in [2.45, 2.75) is 26.3 Å². The average Bonchev–Trinajstić information content (AvgIpc) is 3.11. The highest BCUT2D eigenvalue weighted by Gasteiger charge is 2.54. The summed E-state index contributed by atoms with van der Waals surface area (Å²) in [5, 5.41) is 9.90. The molecule has 0 aliphatic carbocycles. The second-order valence-corrected chi connectivity index (χ2v) is 9.03. The van der Waals surface area contributed by atoms with Gasteiger partial charge in [-0.1, -0.05) is 0 Å². The third-order valence-corrected chi connectivity index (χ3v) is 7.21. The summed E-state index contributed by atoms with van der Waals surface area (Å²) < 4.78 is 31.4. The van der Waals surface area contributed by atoms with E-state index in [1.807, 2.05) is 12.1 Å². The van der Waals surface area contributed by atoms with Crippen LogP contribution in [0.4, 0.5) is 0 Å². The lowest BCUT2D eigenvalue weighted by molar-refractivity contribution is -0.150. The van der Waals surface area contributed by atoms with Gasteiger partial charge in [0.25, 0.3) is 0 Å². The Hall–Kier alpha value is -1.38. The van der Waals surface area contributed by atoms with Gasteiger partial charge in [0, 0.05) is 32.1 Å². The number of hydrogen-bond donors (Lipinski definition) is 1. The Balaban J connectivity index is 1.83. The summed E-state index contributed by atoms with van der Waals surface area (Å²) in [6.45, 7) is 3.90. The molecule has 0 unspecified atom stereocenters. The van der Waals surface area contributed by atoms with E-state index >= 15 is 0 Å². The van der Waals surface area contributed by atoms with Crippen LogP contribution in [0.1, 0.15) is 25.5 Å². The number of sulfonamides is 1. The summed E-state index contributed by atoms with van der Waals surface area (Å²) >= 11 is 0. The summed E-state index contributed by atoms with van der Waals surface area (Å²) in [5.41, 5.74) is -0.870. The first kappa shape index (κ1) is 17.4. The maximum absolute atomic E-state index is 12.3. The molecular formula is C16H24N2O5S. The molecule has 7 nitrogen and oxygen atoms in total. The molecule has 0 bridgehead atoms. The lowest BCUT2D eigenvalue weighted by atomic mass is 9.75.